The Balaban J connectivity index is 1.20. The van der Waals surface area contributed by atoms with E-state index < -0.39 is 187 Å². The van der Waals surface area contributed by atoms with Gasteiger partial charge in [-0.2, -0.15) is 13.0 Å². The first-order valence-electron chi connectivity index (χ1n) is 37.7. The van der Waals surface area contributed by atoms with Crippen molar-refractivity contribution < 1.29 is 110 Å². The quantitative estimate of drug-likeness (QED) is 0.00632. The maximum absolute atomic E-state index is 14.4. The molecule has 0 saturated heterocycles. The minimum absolute atomic E-state index is 0.0341. The minimum atomic E-state index is -4.47. The number of likely N-dealkylation sites (N-methyl/N-ethyl adjacent to an activating group) is 1. The molecular weight excluding hydrogens is 1470 g/mol. The number of amides is 4. The number of anilines is 1. The van der Waals surface area contributed by atoms with Crippen LogP contribution in [0.4, 0.5) is 11.4 Å². The number of ether oxygens (including phenoxy) is 1. The number of hydrogen-bond acceptors (Lipinski definition) is 19. The average molecular weight is 1580 g/mol. The molecule has 0 aliphatic carbocycles. The van der Waals surface area contributed by atoms with E-state index in [-0.39, 0.29) is 68.1 Å². The highest BCUT2D eigenvalue weighted by Crippen LogP contribution is 2.48. The molecule has 3 aromatic rings. The number of oxime groups is 1. The molecule has 3 aromatic carbocycles. The van der Waals surface area contributed by atoms with Crippen molar-refractivity contribution in [3.05, 3.63) is 137 Å². The van der Waals surface area contributed by atoms with E-state index >= 15 is 0 Å². The molecule has 5 rings (SSSR count). The second-order valence-corrected chi connectivity index (χ2v) is 30.3. The molecule has 0 saturated carbocycles. The highest BCUT2D eigenvalue weighted by molar-refractivity contribution is 7.85. The highest BCUT2D eigenvalue weighted by atomic mass is 32.2. The second kappa shape index (κ2) is 44.6. The van der Waals surface area contributed by atoms with Crippen LogP contribution < -0.4 is 31.9 Å². The summed E-state index contributed by atoms with van der Waals surface area (Å²) in [5.74, 6) is -15.6. The van der Waals surface area contributed by atoms with Crippen molar-refractivity contribution in [2.45, 2.75) is 217 Å². The first-order valence-corrected chi connectivity index (χ1v) is 39.2. The number of nitrogens with two attached hydrogens (primary N) is 1. The van der Waals surface area contributed by atoms with Gasteiger partial charge in [-0.25, -0.2) is 0 Å². The van der Waals surface area contributed by atoms with Gasteiger partial charge in [0.1, 0.15) is 13.2 Å². The molecule has 12 N–H and O–H groups in total. The monoisotopic (exact) mass is 1580 g/mol. The van der Waals surface area contributed by atoms with Crippen LogP contribution in [0.5, 0.6) is 0 Å². The fourth-order valence-corrected chi connectivity index (χ4v) is 13.9. The van der Waals surface area contributed by atoms with Crippen LogP contribution in [-0.2, 0) is 94.5 Å². The van der Waals surface area contributed by atoms with Crippen LogP contribution in [0.3, 0.4) is 0 Å². The van der Waals surface area contributed by atoms with Crippen LogP contribution in [0.25, 0.3) is 0 Å². The zero-order chi connectivity index (χ0) is 83.0. The number of nitrogens with zero attached hydrogens (tertiary/aromatic N) is 3. The molecule has 0 bridgehead atoms. The summed E-state index contributed by atoms with van der Waals surface area (Å²) >= 11 is 0. The van der Waals surface area contributed by atoms with Crippen LogP contribution in [0.2, 0.25) is 0 Å². The van der Waals surface area contributed by atoms with E-state index in [1.165, 1.54) is 34.6 Å². The lowest BCUT2D eigenvalue weighted by Gasteiger charge is -2.26. The number of benzene rings is 3. The number of Topliss-reactive ketones (excluding diaryl/α,β-unsaturated/α-hetero) is 3. The number of carbonyl (C=O) groups excluding carboxylic acids is 7. The number of nitrogens with one attached hydrogen (secondary N) is 4. The Labute approximate surface area is 653 Å². The van der Waals surface area contributed by atoms with Gasteiger partial charge in [0.15, 0.2) is 23.1 Å². The van der Waals surface area contributed by atoms with Gasteiger partial charge in [0, 0.05) is 130 Å². The molecule has 30 nitrogen and oxygen atoms in total. The second-order valence-electron chi connectivity index (χ2n) is 28.9. The van der Waals surface area contributed by atoms with Gasteiger partial charge in [0.25, 0.3) is 10.1 Å². The third-order valence-electron chi connectivity index (χ3n) is 19.7. The number of rotatable bonds is 52. The standard InChI is InChI=1S/C81H108N8O22S/c1-9-88-64-35-24-51(3)46-58(64)80(5,6)69(88)21-15-12-11-13-16-22-70-81(7,8)59-50-57(112(107,108)109)31-36-65(59)89(70)43-18-14-17-23-71(93)83-42-45-111-87-52(4)54-27-25-53(26-28-54)47-63(66(90)20-19-44-110-10-2)86-78(105)56(30-38-73(96)97)49-67(91)61(33-40-75(100)101)84-77(104)55(29-37-72(94)95)48-68(92)62(34-41-76(102)103)85-79(106)60(82)32-39-74(98)99/h11-13,15-16,21-22,24-28,31,35-36,46,50,55-56,60-63H,9-10,14,17-20,23,29-30,32-34,37-45,47-49,82H2,1-8H3,(H9-,83,84,85,86,93,94,95,96,97,98,99,100,101,102,103,104,105,106,107,108,109)/p+1/b87-52+/t55-,56-,60+,61+,62+,63-/m0/s1. The van der Waals surface area contributed by atoms with Crippen LogP contribution >= 0.6 is 0 Å². The van der Waals surface area contributed by atoms with E-state index in [0.29, 0.717) is 49.3 Å². The summed E-state index contributed by atoms with van der Waals surface area (Å²) in [6.07, 6.45) is 8.83. The SMILES string of the molecule is CCOCCCC(=O)[C@H](Cc1ccc(/C(C)=N/OCCNC(=O)CCCCC[N+]2=C(C=CC=CC=CC=C3N(CC)c4ccc(C)cc4C3(C)C)C(C)(C)c3cc(S(=O)(=O)O)ccc32)cc1)NC(=O)[C@@H](CCC(=O)O)CC(=O)[C@@H](CCC(=O)O)NC(=O)[C@@H](CCC(=O)O)CC(=O)[C@@H](CCC(=O)O)NC(=O)[C@H](N)CCC(=O)O. The summed E-state index contributed by atoms with van der Waals surface area (Å²) in [4.78, 5) is 162. The Morgan fingerprint density at radius 2 is 1.15 bits per heavy atom. The lowest BCUT2D eigenvalue weighted by Crippen LogP contribution is -2.50. The highest BCUT2D eigenvalue weighted by Gasteiger charge is 2.45. The number of carboxylic acids is 5. The molecule has 0 radical (unpaired) electrons. The van der Waals surface area contributed by atoms with E-state index in [0.717, 1.165) is 23.5 Å². The molecule has 0 spiro atoms. The smallest absolute Gasteiger partial charge is 0.303 e. The predicted octanol–water partition coefficient (Wildman–Crippen LogP) is 8.29. The Morgan fingerprint density at radius 1 is 0.598 bits per heavy atom. The molecule has 6 atom stereocenters. The van der Waals surface area contributed by atoms with E-state index in [4.69, 9.17) is 20.4 Å². The Morgan fingerprint density at radius 3 is 1.72 bits per heavy atom. The van der Waals surface area contributed by atoms with E-state index in [1.807, 2.05) is 50.3 Å². The fraction of sp³-hybridized carbons (Fsp3) is 0.506. The molecule has 2 aliphatic heterocycles. The molecule has 0 aromatic heterocycles. The number of aliphatic carboxylic acids is 5. The van der Waals surface area contributed by atoms with Crippen molar-refractivity contribution in [2.24, 2.45) is 22.7 Å². The number of fused-ring (bicyclic) bond motifs is 2. The molecule has 0 unspecified atom stereocenters. The number of carboxylic acid groups (broad SMARTS) is 5. The lowest BCUT2D eigenvalue weighted by atomic mass is 9.81. The van der Waals surface area contributed by atoms with Crippen molar-refractivity contribution in [3.63, 3.8) is 0 Å². The average Bonchev–Trinajstić information content (AvgIpc) is 1.60. The van der Waals surface area contributed by atoms with Crippen molar-refractivity contribution in [1.29, 1.82) is 0 Å². The molecule has 112 heavy (non-hydrogen) atoms. The molecule has 2 aliphatic rings. The Hall–Kier alpha value is -10.4. The first kappa shape index (κ1) is 92.2. The number of ketones is 3. The van der Waals surface area contributed by atoms with Crippen molar-refractivity contribution in [2.75, 3.05) is 44.4 Å². The van der Waals surface area contributed by atoms with Crippen LogP contribution in [-0.4, -0.2) is 189 Å². The molecule has 610 valence electrons. The molecule has 0 fully saturated rings. The Bertz CT molecular complexity index is 4200. The minimum Gasteiger partial charge on any atom is -0.481 e. The number of aryl methyl sites for hydroxylation is 1. The van der Waals surface area contributed by atoms with Crippen molar-refractivity contribution in [1.82, 2.24) is 21.3 Å². The summed E-state index contributed by atoms with van der Waals surface area (Å²) in [6, 6.07) is 11.9. The molecule has 4 amide bonds. The lowest BCUT2D eigenvalue weighted by molar-refractivity contribution is -0.438. The van der Waals surface area contributed by atoms with Crippen LogP contribution in [0.15, 0.2) is 119 Å². The maximum Gasteiger partial charge on any atom is 0.303 e. The largest absolute Gasteiger partial charge is 0.481 e. The van der Waals surface area contributed by atoms with Gasteiger partial charge in [-0.1, -0.05) is 91.3 Å². The third-order valence-corrected chi connectivity index (χ3v) is 20.5. The van der Waals surface area contributed by atoms with Crippen molar-refractivity contribution in [3.8, 4) is 0 Å². The topological polar surface area (TPSA) is 472 Å². The van der Waals surface area contributed by atoms with Gasteiger partial charge in [-0.15, -0.1) is 0 Å². The predicted molar refractivity (Wildman–Crippen MR) is 417 cm³/mol. The van der Waals surface area contributed by atoms with Gasteiger partial charge in [-0.05, 0) is 140 Å². The summed E-state index contributed by atoms with van der Waals surface area (Å²) in [5, 5.41) is 61.7. The van der Waals surface area contributed by atoms with E-state index in [2.05, 4.69) is 87.9 Å². The van der Waals surface area contributed by atoms with Crippen LogP contribution in [0, 0.1) is 18.8 Å². The summed E-state index contributed by atoms with van der Waals surface area (Å²) in [7, 11) is -4.47. The molecular formula is C81H109N8O22S+. The first-order chi connectivity index (χ1) is 52.9. The van der Waals surface area contributed by atoms with Gasteiger partial charge < -0.3 is 67.0 Å². The van der Waals surface area contributed by atoms with Gasteiger partial charge in [-0.3, -0.25) is 62.1 Å². The number of allylic oxidation sites excluding steroid dienone is 8. The third kappa shape index (κ3) is 29.1. The number of unbranched alkanes of at least 4 members (excludes halogenated alkanes) is 2. The van der Waals surface area contributed by atoms with Gasteiger partial charge >= 0.3 is 29.8 Å². The number of hydrogen-bond donors (Lipinski definition) is 11. The molecule has 2 heterocycles. The Kier molecular flexibility index (Phi) is 36.7. The maximum atomic E-state index is 14.4. The zero-order valence-electron chi connectivity index (χ0n) is 65.0. The summed E-state index contributed by atoms with van der Waals surface area (Å²) in [5.41, 5.74) is 14.1. The summed E-state index contributed by atoms with van der Waals surface area (Å²) in [6.45, 7) is 18.4. The van der Waals surface area contributed by atoms with Crippen molar-refractivity contribution >= 4 is 104 Å². The number of carbonyl (C=O) groups is 12. The van der Waals surface area contributed by atoms with Crippen LogP contribution in [0.1, 0.15) is 192 Å². The van der Waals surface area contributed by atoms with E-state index in [1.54, 1.807) is 44.2 Å². The summed E-state index contributed by atoms with van der Waals surface area (Å²) < 4.78 is 42.1. The fourth-order valence-electron chi connectivity index (χ4n) is 13.4. The van der Waals surface area contributed by atoms with E-state index in [9.17, 15) is 90.9 Å². The molecule has 31 heteroatoms. The van der Waals surface area contributed by atoms with Gasteiger partial charge in [0.2, 0.25) is 29.3 Å². The van der Waals surface area contributed by atoms with Gasteiger partial charge in [0.05, 0.1) is 46.7 Å². The zero-order valence-corrected chi connectivity index (χ0v) is 65.8. The normalized spacial score (nSPS) is 15.8.